The molecular formula is C19H26N2O5S. The molecule has 2 aliphatic rings. The van der Waals surface area contributed by atoms with E-state index in [4.69, 9.17) is 4.74 Å². The summed E-state index contributed by atoms with van der Waals surface area (Å²) in [6, 6.07) is 6.54. The maximum absolute atomic E-state index is 12.8. The first-order chi connectivity index (χ1) is 12.8. The van der Waals surface area contributed by atoms with Crippen molar-refractivity contribution in [3.63, 3.8) is 0 Å². The number of likely N-dealkylation sites (tertiary alicyclic amines) is 1. The third kappa shape index (κ3) is 4.16. The number of carbonyl (C=O) groups is 2. The number of carbonyl (C=O) groups excluding carboxylic acids is 2. The topological polar surface area (TPSA) is 84.0 Å². The summed E-state index contributed by atoms with van der Waals surface area (Å²) in [5, 5.41) is 0. The molecule has 0 saturated carbocycles. The van der Waals surface area contributed by atoms with Crippen LogP contribution in [0, 0.1) is 0 Å². The monoisotopic (exact) mass is 394 g/mol. The van der Waals surface area contributed by atoms with Crippen molar-refractivity contribution in [2.75, 3.05) is 18.8 Å². The summed E-state index contributed by atoms with van der Waals surface area (Å²) < 4.78 is 31.7. The van der Waals surface area contributed by atoms with E-state index in [0.717, 1.165) is 24.0 Å². The Morgan fingerprint density at radius 1 is 1.19 bits per heavy atom. The van der Waals surface area contributed by atoms with E-state index in [-0.39, 0.29) is 24.6 Å². The van der Waals surface area contributed by atoms with Gasteiger partial charge in [0, 0.05) is 26.1 Å². The molecule has 1 aromatic carbocycles. The van der Waals surface area contributed by atoms with E-state index in [1.165, 1.54) is 4.31 Å². The van der Waals surface area contributed by atoms with E-state index in [0.29, 0.717) is 13.1 Å². The highest BCUT2D eigenvalue weighted by atomic mass is 32.2. The van der Waals surface area contributed by atoms with Gasteiger partial charge in [-0.05, 0) is 37.8 Å². The summed E-state index contributed by atoms with van der Waals surface area (Å²) in [6.45, 7) is 4.59. The van der Waals surface area contributed by atoms with Gasteiger partial charge in [0.05, 0.1) is 5.75 Å². The van der Waals surface area contributed by atoms with Gasteiger partial charge in [-0.15, -0.1) is 0 Å². The predicted octanol–water partition coefficient (Wildman–Crippen LogP) is 1.32. The minimum atomic E-state index is -3.59. The highest BCUT2D eigenvalue weighted by Gasteiger charge is 2.40. The SMILES string of the molecule is CCS(=O)(=O)N1Cc2ccccc2C[C@H]1C(=O)O[C@H](C)C(=O)N1CCCC1. The molecule has 2 atom stereocenters. The first-order valence-corrected chi connectivity index (χ1v) is 11.0. The Morgan fingerprint density at radius 3 is 2.44 bits per heavy atom. The van der Waals surface area contributed by atoms with Gasteiger partial charge in [0.2, 0.25) is 10.0 Å². The van der Waals surface area contributed by atoms with Gasteiger partial charge in [-0.3, -0.25) is 9.59 Å². The average molecular weight is 394 g/mol. The third-order valence-corrected chi connectivity index (χ3v) is 7.09. The summed E-state index contributed by atoms with van der Waals surface area (Å²) in [5.41, 5.74) is 1.82. The number of esters is 1. The van der Waals surface area contributed by atoms with Crippen LogP contribution in [0.4, 0.5) is 0 Å². The molecule has 0 N–H and O–H groups in total. The maximum atomic E-state index is 12.8. The van der Waals surface area contributed by atoms with Crippen molar-refractivity contribution in [1.82, 2.24) is 9.21 Å². The smallest absolute Gasteiger partial charge is 0.325 e. The van der Waals surface area contributed by atoms with Gasteiger partial charge in [-0.25, -0.2) is 8.42 Å². The molecule has 148 valence electrons. The summed E-state index contributed by atoms with van der Waals surface area (Å²) in [4.78, 5) is 26.9. The number of ether oxygens (including phenoxy) is 1. The fraction of sp³-hybridized carbons (Fsp3) is 0.579. The van der Waals surface area contributed by atoms with Crippen LogP contribution < -0.4 is 0 Å². The molecule has 2 aliphatic heterocycles. The van der Waals surface area contributed by atoms with E-state index in [1.54, 1.807) is 18.7 Å². The number of rotatable bonds is 5. The summed E-state index contributed by atoms with van der Waals surface area (Å²) >= 11 is 0. The van der Waals surface area contributed by atoms with Gasteiger partial charge in [0.1, 0.15) is 6.04 Å². The summed E-state index contributed by atoms with van der Waals surface area (Å²) in [6.07, 6.45) is 1.24. The van der Waals surface area contributed by atoms with Crippen molar-refractivity contribution in [2.45, 2.75) is 51.8 Å². The second kappa shape index (κ2) is 7.98. The average Bonchev–Trinajstić information content (AvgIpc) is 3.20. The Kier molecular flexibility index (Phi) is 5.86. The zero-order valence-electron chi connectivity index (χ0n) is 15.8. The molecule has 0 unspecified atom stereocenters. The van der Waals surface area contributed by atoms with Crippen LogP contribution in [0.2, 0.25) is 0 Å². The van der Waals surface area contributed by atoms with E-state index >= 15 is 0 Å². The van der Waals surface area contributed by atoms with Crippen molar-refractivity contribution in [2.24, 2.45) is 0 Å². The molecular weight excluding hydrogens is 368 g/mol. The first kappa shape index (κ1) is 19.8. The largest absolute Gasteiger partial charge is 0.451 e. The Morgan fingerprint density at radius 2 is 1.81 bits per heavy atom. The van der Waals surface area contributed by atoms with E-state index in [1.807, 2.05) is 24.3 Å². The molecule has 0 radical (unpaired) electrons. The standard InChI is InChI=1S/C19H26N2O5S/c1-3-27(24,25)21-13-16-9-5-4-8-15(16)12-17(21)19(23)26-14(2)18(22)20-10-6-7-11-20/h4-5,8-9,14,17H,3,6-7,10-13H2,1-2H3/t14-,17+/m1/s1. The number of nitrogens with zero attached hydrogens (tertiary/aromatic N) is 2. The molecule has 1 aromatic rings. The van der Waals surface area contributed by atoms with E-state index in [2.05, 4.69) is 0 Å². The molecule has 0 spiro atoms. The van der Waals surface area contributed by atoms with Gasteiger partial charge in [0.15, 0.2) is 6.10 Å². The Balaban J connectivity index is 1.79. The second-order valence-corrected chi connectivity index (χ2v) is 9.26. The van der Waals surface area contributed by atoms with Crippen molar-refractivity contribution >= 4 is 21.9 Å². The number of sulfonamides is 1. The number of benzene rings is 1. The van der Waals surface area contributed by atoms with Crippen molar-refractivity contribution in [3.05, 3.63) is 35.4 Å². The molecule has 1 amide bonds. The second-order valence-electron chi connectivity index (χ2n) is 7.05. The summed E-state index contributed by atoms with van der Waals surface area (Å²) in [5.74, 6) is -0.982. The molecule has 1 fully saturated rings. The lowest BCUT2D eigenvalue weighted by molar-refractivity contribution is -0.162. The maximum Gasteiger partial charge on any atom is 0.325 e. The molecule has 2 heterocycles. The quantitative estimate of drug-likeness (QED) is 0.703. The van der Waals surface area contributed by atoms with Crippen molar-refractivity contribution in [1.29, 1.82) is 0 Å². The van der Waals surface area contributed by atoms with Gasteiger partial charge < -0.3 is 9.64 Å². The highest BCUT2D eigenvalue weighted by Crippen LogP contribution is 2.27. The molecule has 1 saturated heterocycles. The molecule has 3 rings (SSSR count). The van der Waals surface area contributed by atoms with Crippen molar-refractivity contribution in [3.8, 4) is 0 Å². The number of fused-ring (bicyclic) bond motifs is 1. The lowest BCUT2D eigenvalue weighted by atomic mass is 9.96. The van der Waals surface area contributed by atoms with Gasteiger partial charge in [-0.2, -0.15) is 4.31 Å². The fourth-order valence-electron chi connectivity index (χ4n) is 3.66. The van der Waals surface area contributed by atoms with E-state index in [9.17, 15) is 18.0 Å². The van der Waals surface area contributed by atoms with Crippen LogP contribution in [0.25, 0.3) is 0 Å². The fourth-order valence-corrected chi connectivity index (χ4v) is 4.87. The summed E-state index contributed by atoms with van der Waals surface area (Å²) in [7, 11) is -3.59. The lowest BCUT2D eigenvalue weighted by Gasteiger charge is -2.34. The Bertz CT molecular complexity index is 817. The van der Waals surface area contributed by atoms with Crippen LogP contribution >= 0.6 is 0 Å². The minimum Gasteiger partial charge on any atom is -0.451 e. The van der Waals surface area contributed by atoms with Crippen LogP contribution in [0.5, 0.6) is 0 Å². The molecule has 0 aromatic heterocycles. The molecule has 0 aliphatic carbocycles. The Hall–Kier alpha value is -1.93. The van der Waals surface area contributed by atoms with Crippen LogP contribution in [-0.4, -0.2) is 60.5 Å². The predicted molar refractivity (Wildman–Crippen MR) is 100 cm³/mol. The van der Waals surface area contributed by atoms with Crippen LogP contribution in [0.15, 0.2) is 24.3 Å². The van der Waals surface area contributed by atoms with Gasteiger partial charge in [0.25, 0.3) is 5.91 Å². The van der Waals surface area contributed by atoms with Crippen molar-refractivity contribution < 1.29 is 22.7 Å². The van der Waals surface area contributed by atoms with E-state index < -0.39 is 28.1 Å². The number of amides is 1. The third-order valence-electron chi connectivity index (χ3n) is 5.26. The highest BCUT2D eigenvalue weighted by molar-refractivity contribution is 7.89. The van der Waals surface area contributed by atoms with Crippen LogP contribution in [0.3, 0.4) is 0 Å². The zero-order valence-corrected chi connectivity index (χ0v) is 16.6. The van der Waals surface area contributed by atoms with Gasteiger partial charge in [-0.1, -0.05) is 24.3 Å². The van der Waals surface area contributed by atoms with Crippen LogP contribution in [-0.2, 0) is 37.3 Å². The molecule has 7 nitrogen and oxygen atoms in total. The zero-order chi connectivity index (χ0) is 19.6. The minimum absolute atomic E-state index is 0.0960. The normalized spacial score (nSPS) is 21.6. The van der Waals surface area contributed by atoms with Crippen LogP contribution in [0.1, 0.15) is 37.8 Å². The molecule has 0 bridgehead atoms. The first-order valence-electron chi connectivity index (χ1n) is 9.39. The number of hydrogen-bond donors (Lipinski definition) is 0. The van der Waals surface area contributed by atoms with Gasteiger partial charge >= 0.3 is 5.97 Å². The lowest BCUT2D eigenvalue weighted by Crippen LogP contribution is -2.51. The molecule has 27 heavy (non-hydrogen) atoms. The Labute approximate surface area is 160 Å². The molecule has 8 heteroatoms. The number of hydrogen-bond acceptors (Lipinski definition) is 5.